The lowest BCUT2D eigenvalue weighted by molar-refractivity contribution is -0.122. The van der Waals surface area contributed by atoms with Crippen molar-refractivity contribution < 1.29 is 14.4 Å². The van der Waals surface area contributed by atoms with Crippen molar-refractivity contribution in [2.24, 2.45) is 0 Å². The van der Waals surface area contributed by atoms with Crippen molar-refractivity contribution in [2.75, 3.05) is 4.90 Å². The van der Waals surface area contributed by atoms with E-state index in [0.717, 1.165) is 21.4 Å². The number of nitrogens with one attached hydrogen (secondary N) is 1. The minimum atomic E-state index is -0.797. The molecule has 0 bridgehead atoms. The first-order chi connectivity index (χ1) is 17.6. The number of hydrogen-bond acceptors (Lipinski definition) is 4. The molecule has 2 aromatic heterocycles. The Morgan fingerprint density at radius 2 is 1.67 bits per heavy atom. The third-order valence-corrected chi connectivity index (χ3v) is 6.29. The summed E-state index contributed by atoms with van der Waals surface area (Å²) in [5, 5.41) is 5.51. The summed E-state index contributed by atoms with van der Waals surface area (Å²) in [4.78, 5) is 43.3. The van der Waals surface area contributed by atoms with Gasteiger partial charge in [-0.05, 0) is 46.7 Å². The first-order valence-corrected chi connectivity index (χ1v) is 11.5. The van der Waals surface area contributed by atoms with Gasteiger partial charge in [0.05, 0.1) is 11.9 Å². The number of nitrogens with zero attached hydrogens (tertiary/aromatic N) is 3. The highest BCUT2D eigenvalue weighted by Crippen LogP contribution is 2.27. The SMILES string of the molecule is O=C1NC(=O)N(c2cccnc2)C(=O)/C1=C/c1cn(Cc2ccc3ccccc3c2)c2ccccc12. The minimum Gasteiger partial charge on any atom is -0.342 e. The van der Waals surface area contributed by atoms with Crippen LogP contribution in [-0.2, 0) is 16.1 Å². The topological polar surface area (TPSA) is 84.3 Å². The Labute approximate surface area is 206 Å². The van der Waals surface area contributed by atoms with Gasteiger partial charge in [0.25, 0.3) is 11.8 Å². The molecule has 7 heteroatoms. The number of imide groups is 2. The van der Waals surface area contributed by atoms with Crippen LogP contribution in [0.5, 0.6) is 0 Å². The number of benzene rings is 3. The molecule has 0 aliphatic carbocycles. The molecule has 1 saturated heterocycles. The molecule has 1 fully saturated rings. The van der Waals surface area contributed by atoms with Gasteiger partial charge in [0.2, 0.25) is 0 Å². The summed E-state index contributed by atoms with van der Waals surface area (Å²) in [5.74, 6) is -1.42. The maximum absolute atomic E-state index is 13.3. The quantitative estimate of drug-likeness (QED) is 0.298. The molecule has 174 valence electrons. The summed E-state index contributed by atoms with van der Waals surface area (Å²) >= 11 is 0. The largest absolute Gasteiger partial charge is 0.342 e. The Kier molecular flexibility index (Phi) is 5.15. The van der Waals surface area contributed by atoms with Gasteiger partial charge in [0.15, 0.2) is 0 Å². The average molecular weight is 473 g/mol. The van der Waals surface area contributed by atoms with Crippen molar-refractivity contribution in [2.45, 2.75) is 6.54 Å². The van der Waals surface area contributed by atoms with Crippen LogP contribution in [0.15, 0.2) is 103 Å². The Bertz CT molecular complexity index is 1700. The molecular weight excluding hydrogens is 452 g/mol. The maximum Gasteiger partial charge on any atom is 0.336 e. The van der Waals surface area contributed by atoms with Gasteiger partial charge < -0.3 is 4.57 Å². The standard InChI is InChI=1S/C29H20N4O3/c34-27-25(28(35)33(29(36)31-27)23-8-5-13-30-16-23)15-22-18-32(26-10-4-3-9-24(22)26)17-19-11-12-20-6-1-2-7-21(20)14-19/h1-16,18H,17H2,(H,31,34,36)/b25-15+. The zero-order valence-electron chi connectivity index (χ0n) is 19.1. The van der Waals surface area contributed by atoms with Crippen LogP contribution >= 0.6 is 0 Å². The number of aromatic nitrogens is 2. The summed E-state index contributed by atoms with van der Waals surface area (Å²) in [5.41, 5.74) is 2.99. The Morgan fingerprint density at radius 3 is 2.50 bits per heavy atom. The third kappa shape index (κ3) is 3.73. The van der Waals surface area contributed by atoms with Gasteiger partial charge in [-0.15, -0.1) is 0 Å². The van der Waals surface area contributed by atoms with E-state index in [1.807, 2.05) is 42.6 Å². The highest BCUT2D eigenvalue weighted by atomic mass is 16.2. The summed E-state index contributed by atoms with van der Waals surface area (Å²) in [6.45, 7) is 0.620. The van der Waals surface area contributed by atoms with Gasteiger partial charge in [-0.25, -0.2) is 9.69 Å². The molecule has 1 aliphatic heterocycles. The molecule has 6 rings (SSSR count). The van der Waals surface area contributed by atoms with E-state index in [0.29, 0.717) is 12.1 Å². The predicted molar refractivity (Wildman–Crippen MR) is 138 cm³/mol. The molecule has 0 unspecified atom stereocenters. The van der Waals surface area contributed by atoms with E-state index in [9.17, 15) is 14.4 Å². The number of hydrogen-bond donors (Lipinski definition) is 1. The second-order valence-electron chi connectivity index (χ2n) is 8.58. The summed E-state index contributed by atoms with van der Waals surface area (Å²) < 4.78 is 2.10. The zero-order chi connectivity index (χ0) is 24.6. The van der Waals surface area contributed by atoms with Gasteiger partial charge in [-0.2, -0.15) is 0 Å². The molecule has 1 N–H and O–H groups in total. The third-order valence-electron chi connectivity index (χ3n) is 6.29. The number of carbonyl (C=O) groups excluding carboxylic acids is 3. The van der Waals surface area contributed by atoms with Gasteiger partial charge >= 0.3 is 6.03 Å². The van der Waals surface area contributed by atoms with E-state index in [2.05, 4.69) is 45.2 Å². The lowest BCUT2D eigenvalue weighted by Crippen LogP contribution is -2.54. The van der Waals surface area contributed by atoms with E-state index in [-0.39, 0.29) is 11.3 Å². The second-order valence-corrected chi connectivity index (χ2v) is 8.58. The fraction of sp³-hybridized carbons (Fsp3) is 0.0345. The molecule has 36 heavy (non-hydrogen) atoms. The van der Waals surface area contributed by atoms with Crippen molar-refractivity contribution in [1.29, 1.82) is 0 Å². The molecule has 0 saturated carbocycles. The predicted octanol–water partition coefficient (Wildman–Crippen LogP) is 4.90. The van der Waals surface area contributed by atoms with E-state index < -0.39 is 17.8 Å². The van der Waals surface area contributed by atoms with Crippen molar-refractivity contribution >= 4 is 51.3 Å². The van der Waals surface area contributed by atoms with Gasteiger partial charge in [0.1, 0.15) is 5.57 Å². The van der Waals surface area contributed by atoms with Crippen molar-refractivity contribution in [3.63, 3.8) is 0 Å². The van der Waals surface area contributed by atoms with Crippen LogP contribution in [0, 0.1) is 0 Å². The van der Waals surface area contributed by atoms with E-state index >= 15 is 0 Å². The highest BCUT2D eigenvalue weighted by Gasteiger charge is 2.37. The Morgan fingerprint density at radius 1 is 0.861 bits per heavy atom. The number of amides is 4. The number of pyridine rings is 1. The molecular formula is C29H20N4O3. The fourth-order valence-corrected chi connectivity index (χ4v) is 4.59. The summed E-state index contributed by atoms with van der Waals surface area (Å²) in [6, 6.07) is 24.8. The lowest BCUT2D eigenvalue weighted by Gasteiger charge is -2.25. The lowest BCUT2D eigenvalue weighted by atomic mass is 10.1. The number of carbonyl (C=O) groups is 3. The maximum atomic E-state index is 13.3. The van der Waals surface area contributed by atoms with Crippen molar-refractivity contribution in [1.82, 2.24) is 14.9 Å². The molecule has 3 aromatic carbocycles. The van der Waals surface area contributed by atoms with Crippen LogP contribution in [-0.4, -0.2) is 27.4 Å². The molecule has 5 aromatic rings. The van der Waals surface area contributed by atoms with Gasteiger partial charge in [-0.1, -0.05) is 54.6 Å². The molecule has 1 aliphatic rings. The number of urea groups is 1. The van der Waals surface area contributed by atoms with E-state index in [1.165, 1.54) is 17.0 Å². The Balaban J connectivity index is 1.41. The normalized spacial score (nSPS) is 15.2. The number of rotatable bonds is 4. The van der Waals surface area contributed by atoms with E-state index in [1.54, 1.807) is 24.4 Å². The molecule has 0 radical (unpaired) electrons. The highest BCUT2D eigenvalue weighted by molar-refractivity contribution is 6.39. The Hall–Kier alpha value is -5.04. The molecule has 0 spiro atoms. The van der Waals surface area contributed by atoms with Gasteiger partial charge in [-0.3, -0.25) is 19.9 Å². The number of barbiturate groups is 1. The molecule has 4 amide bonds. The molecule has 3 heterocycles. The summed E-state index contributed by atoms with van der Waals surface area (Å²) in [7, 11) is 0. The van der Waals surface area contributed by atoms with Crippen molar-refractivity contribution in [3.8, 4) is 0 Å². The second kappa shape index (κ2) is 8.63. The first kappa shape index (κ1) is 21.5. The van der Waals surface area contributed by atoms with Crippen LogP contribution in [0.25, 0.3) is 27.8 Å². The van der Waals surface area contributed by atoms with E-state index in [4.69, 9.17) is 0 Å². The van der Waals surface area contributed by atoms with Crippen LogP contribution in [0.2, 0.25) is 0 Å². The number of anilines is 1. The number of fused-ring (bicyclic) bond motifs is 2. The van der Waals surface area contributed by atoms with Gasteiger partial charge in [0, 0.05) is 35.4 Å². The molecule has 0 atom stereocenters. The average Bonchev–Trinajstić information content (AvgIpc) is 3.24. The van der Waals surface area contributed by atoms with Crippen LogP contribution in [0.3, 0.4) is 0 Å². The van der Waals surface area contributed by atoms with Crippen LogP contribution in [0.1, 0.15) is 11.1 Å². The minimum absolute atomic E-state index is 0.118. The van der Waals surface area contributed by atoms with Crippen LogP contribution < -0.4 is 10.2 Å². The first-order valence-electron chi connectivity index (χ1n) is 11.5. The summed E-state index contributed by atoms with van der Waals surface area (Å²) in [6.07, 6.45) is 6.42. The van der Waals surface area contributed by atoms with Crippen molar-refractivity contribution in [3.05, 3.63) is 114 Å². The monoisotopic (exact) mass is 472 g/mol. The molecule has 7 nitrogen and oxygen atoms in total. The zero-order valence-corrected chi connectivity index (χ0v) is 19.1. The van der Waals surface area contributed by atoms with Crippen LogP contribution in [0.4, 0.5) is 10.5 Å². The fourth-order valence-electron chi connectivity index (χ4n) is 4.59. The smallest absolute Gasteiger partial charge is 0.336 e. The number of para-hydroxylation sites is 1.